The van der Waals surface area contributed by atoms with Crippen LogP contribution in [-0.4, -0.2) is 24.5 Å². The Morgan fingerprint density at radius 3 is 2.47 bits per heavy atom. The van der Waals surface area contributed by atoms with Crippen LogP contribution >= 0.6 is 0 Å². The Morgan fingerprint density at radius 2 is 1.89 bits per heavy atom. The van der Waals surface area contributed by atoms with Crippen molar-refractivity contribution in [1.29, 1.82) is 0 Å². The van der Waals surface area contributed by atoms with Crippen molar-refractivity contribution < 1.29 is 8.42 Å². The third-order valence-electron chi connectivity index (χ3n) is 2.99. The maximum Gasteiger partial charge on any atom is 0.260 e. The number of nitrogens with one attached hydrogen (secondary N) is 1. The average Bonchev–Trinajstić information content (AvgIpc) is 2.68. The third-order valence-corrected chi connectivity index (χ3v) is 4.58. The van der Waals surface area contributed by atoms with E-state index in [1.807, 2.05) is 0 Å². The molecule has 0 unspecified atom stereocenters. The van der Waals surface area contributed by atoms with Crippen LogP contribution in [0.4, 0.5) is 5.82 Å². The van der Waals surface area contributed by atoms with Crippen LogP contribution in [0.15, 0.2) is 11.4 Å². The number of aryl methyl sites for hydroxylation is 1. The van der Waals surface area contributed by atoms with E-state index in [0.29, 0.717) is 6.54 Å². The van der Waals surface area contributed by atoms with Crippen LogP contribution in [0.25, 0.3) is 0 Å². The van der Waals surface area contributed by atoms with Crippen LogP contribution in [-0.2, 0) is 17.1 Å². The summed E-state index contributed by atoms with van der Waals surface area (Å²) in [6.45, 7) is 2.62. The van der Waals surface area contributed by atoms with E-state index < -0.39 is 10.0 Å². The summed E-state index contributed by atoms with van der Waals surface area (Å²) in [6.07, 6.45) is 8.13. The Morgan fingerprint density at radius 1 is 1.26 bits per heavy atom. The molecule has 0 amide bonds. The van der Waals surface area contributed by atoms with E-state index in [1.54, 1.807) is 7.05 Å². The van der Waals surface area contributed by atoms with Gasteiger partial charge in [-0.1, -0.05) is 39.0 Å². The fraction of sp³-hybridized carbons (Fsp3) is 0.750. The van der Waals surface area contributed by atoms with Crippen molar-refractivity contribution in [1.82, 2.24) is 14.3 Å². The average molecular weight is 288 g/mol. The Kier molecular flexibility index (Phi) is 6.30. The van der Waals surface area contributed by atoms with E-state index in [2.05, 4.69) is 16.6 Å². The van der Waals surface area contributed by atoms with Gasteiger partial charge in [0.2, 0.25) is 0 Å². The molecule has 0 aromatic carbocycles. The lowest BCUT2D eigenvalue weighted by Gasteiger charge is -2.07. The molecule has 1 heterocycles. The number of hydrogen-bond acceptors (Lipinski definition) is 4. The first-order chi connectivity index (χ1) is 8.99. The van der Waals surface area contributed by atoms with Gasteiger partial charge in [-0.25, -0.2) is 18.1 Å². The van der Waals surface area contributed by atoms with Gasteiger partial charge in [0.05, 0.1) is 6.33 Å². The molecule has 0 spiro atoms. The number of rotatable bonds is 9. The van der Waals surface area contributed by atoms with Gasteiger partial charge < -0.3 is 10.3 Å². The highest BCUT2D eigenvalue weighted by Crippen LogP contribution is 2.15. The van der Waals surface area contributed by atoms with Crippen molar-refractivity contribution in [3.05, 3.63) is 6.33 Å². The quantitative estimate of drug-likeness (QED) is 0.676. The first-order valence-corrected chi connectivity index (χ1v) is 8.23. The van der Waals surface area contributed by atoms with Gasteiger partial charge in [0.1, 0.15) is 0 Å². The summed E-state index contributed by atoms with van der Waals surface area (Å²) in [5, 5.41) is 0.0403. The van der Waals surface area contributed by atoms with E-state index in [4.69, 9.17) is 5.73 Å². The van der Waals surface area contributed by atoms with Gasteiger partial charge >= 0.3 is 0 Å². The molecule has 0 aliphatic rings. The molecule has 6 nitrogen and oxygen atoms in total. The first-order valence-electron chi connectivity index (χ1n) is 6.75. The molecular weight excluding hydrogens is 264 g/mol. The Hall–Kier alpha value is -1.08. The van der Waals surface area contributed by atoms with Crippen molar-refractivity contribution in [3.8, 4) is 0 Å². The van der Waals surface area contributed by atoms with E-state index in [1.165, 1.54) is 30.2 Å². The van der Waals surface area contributed by atoms with Crippen molar-refractivity contribution in [3.63, 3.8) is 0 Å². The highest BCUT2D eigenvalue weighted by atomic mass is 32.2. The van der Waals surface area contributed by atoms with E-state index in [9.17, 15) is 8.42 Å². The van der Waals surface area contributed by atoms with Crippen LogP contribution in [0.1, 0.15) is 45.4 Å². The van der Waals surface area contributed by atoms with Crippen LogP contribution < -0.4 is 10.5 Å². The summed E-state index contributed by atoms with van der Waals surface area (Å²) in [5.41, 5.74) is 5.56. The van der Waals surface area contributed by atoms with Crippen molar-refractivity contribution in [2.45, 2.75) is 50.5 Å². The molecule has 0 bridgehead atoms. The highest BCUT2D eigenvalue weighted by molar-refractivity contribution is 7.89. The number of unbranched alkanes of at least 4 members (excludes halogenated alkanes) is 5. The van der Waals surface area contributed by atoms with Crippen molar-refractivity contribution in [2.24, 2.45) is 7.05 Å². The summed E-state index contributed by atoms with van der Waals surface area (Å²) < 4.78 is 28.0. The van der Waals surface area contributed by atoms with Gasteiger partial charge in [-0.05, 0) is 6.42 Å². The number of aromatic nitrogens is 2. The monoisotopic (exact) mass is 288 g/mol. The number of sulfonamides is 1. The second-order valence-corrected chi connectivity index (χ2v) is 6.39. The third kappa shape index (κ3) is 4.83. The molecule has 0 fully saturated rings. The topological polar surface area (TPSA) is 90.0 Å². The summed E-state index contributed by atoms with van der Waals surface area (Å²) >= 11 is 0. The van der Waals surface area contributed by atoms with Gasteiger partial charge in [0, 0.05) is 13.6 Å². The normalized spacial score (nSPS) is 11.9. The molecule has 0 atom stereocenters. The molecule has 0 radical (unpaired) electrons. The van der Waals surface area contributed by atoms with Crippen LogP contribution in [0.5, 0.6) is 0 Å². The van der Waals surface area contributed by atoms with E-state index in [0.717, 1.165) is 19.3 Å². The fourth-order valence-electron chi connectivity index (χ4n) is 1.94. The smallest absolute Gasteiger partial charge is 0.260 e. The Labute approximate surface area is 115 Å². The summed E-state index contributed by atoms with van der Waals surface area (Å²) in [4.78, 5) is 3.78. The lowest BCUT2D eigenvalue weighted by Crippen LogP contribution is -2.27. The highest BCUT2D eigenvalue weighted by Gasteiger charge is 2.21. The zero-order chi connectivity index (χ0) is 14.3. The molecule has 0 aliphatic carbocycles. The lowest BCUT2D eigenvalue weighted by atomic mass is 10.1. The Balaban J connectivity index is 2.36. The summed E-state index contributed by atoms with van der Waals surface area (Å²) in [7, 11) is -1.94. The maximum absolute atomic E-state index is 12.0. The number of anilines is 1. The maximum atomic E-state index is 12.0. The van der Waals surface area contributed by atoms with Gasteiger partial charge in [-0.2, -0.15) is 0 Å². The SMILES string of the molecule is CCCCCCCCNS(=O)(=O)c1c(N)ncn1C. The number of imidazole rings is 1. The molecule has 7 heteroatoms. The van der Waals surface area contributed by atoms with Crippen LogP contribution in [0.2, 0.25) is 0 Å². The fourth-order valence-corrected chi connectivity index (χ4v) is 3.25. The number of hydrogen-bond donors (Lipinski definition) is 2. The van der Waals surface area contributed by atoms with Gasteiger partial charge in [0.25, 0.3) is 10.0 Å². The van der Waals surface area contributed by atoms with Gasteiger partial charge in [-0.3, -0.25) is 0 Å². The molecule has 110 valence electrons. The van der Waals surface area contributed by atoms with Crippen molar-refractivity contribution in [2.75, 3.05) is 12.3 Å². The van der Waals surface area contributed by atoms with Gasteiger partial charge in [0.15, 0.2) is 10.8 Å². The largest absolute Gasteiger partial charge is 0.381 e. The second kappa shape index (κ2) is 7.49. The molecule has 1 rings (SSSR count). The molecule has 0 saturated carbocycles. The molecule has 3 N–H and O–H groups in total. The molecule has 0 saturated heterocycles. The molecule has 0 aliphatic heterocycles. The number of nitrogens with zero attached hydrogens (tertiary/aromatic N) is 2. The molecule has 1 aromatic rings. The lowest BCUT2D eigenvalue weighted by molar-refractivity contribution is 0.560. The van der Waals surface area contributed by atoms with Crippen LogP contribution in [0.3, 0.4) is 0 Å². The molecule has 19 heavy (non-hydrogen) atoms. The first kappa shape index (κ1) is 16.0. The van der Waals surface area contributed by atoms with Gasteiger partial charge in [-0.15, -0.1) is 0 Å². The summed E-state index contributed by atoms with van der Waals surface area (Å²) in [5.74, 6) is 0.0398. The minimum atomic E-state index is -3.55. The van der Waals surface area contributed by atoms with Crippen LogP contribution in [0, 0.1) is 0 Å². The molecular formula is C12H24N4O2S. The Bertz CT molecular complexity index is 462. The predicted octanol–water partition coefficient (Wildman–Crippen LogP) is 1.64. The minimum Gasteiger partial charge on any atom is -0.381 e. The minimum absolute atomic E-state index is 0.0398. The van der Waals surface area contributed by atoms with E-state index in [-0.39, 0.29) is 10.8 Å². The second-order valence-electron chi connectivity index (χ2n) is 4.71. The number of nitrogens with two attached hydrogens (primary N) is 1. The predicted molar refractivity (Wildman–Crippen MR) is 76.2 cm³/mol. The zero-order valence-electron chi connectivity index (χ0n) is 11.7. The molecule has 1 aromatic heterocycles. The summed E-state index contributed by atoms with van der Waals surface area (Å²) in [6, 6.07) is 0. The van der Waals surface area contributed by atoms with E-state index >= 15 is 0 Å². The zero-order valence-corrected chi connectivity index (χ0v) is 12.5. The van der Waals surface area contributed by atoms with Crippen molar-refractivity contribution >= 4 is 15.8 Å². The standard InChI is InChI=1S/C12H24N4O2S/c1-3-4-5-6-7-8-9-15-19(17,18)12-11(13)14-10-16(12)2/h10,15H,3-9,13H2,1-2H3. The number of nitrogen functional groups attached to an aromatic ring is 1.